The van der Waals surface area contributed by atoms with Gasteiger partial charge in [-0.2, -0.15) is 0 Å². The Kier molecular flexibility index (Phi) is 4.23. The summed E-state index contributed by atoms with van der Waals surface area (Å²) in [7, 11) is 0. The molecule has 2 heterocycles. The number of nitrogens with zero attached hydrogens (tertiary/aromatic N) is 2. The van der Waals surface area contributed by atoms with E-state index >= 15 is 0 Å². The van der Waals surface area contributed by atoms with E-state index in [1.165, 1.54) is 0 Å². The van der Waals surface area contributed by atoms with E-state index in [2.05, 4.69) is 9.97 Å². The molecule has 0 saturated carbocycles. The second kappa shape index (κ2) is 6.09. The lowest BCUT2D eigenvalue weighted by molar-refractivity contribution is 0.0524. The maximum atomic E-state index is 11.8. The molecule has 98 valence electrons. The SMILES string of the molecule is CCOC(=O)c1ccc(-c2cccnc2)nc1CC. The van der Waals surface area contributed by atoms with Crippen LogP contribution in [0.25, 0.3) is 11.3 Å². The molecule has 2 aromatic heterocycles. The standard InChI is InChI=1S/C15H16N2O2/c1-3-13-12(15(18)19-4-2)7-8-14(17-13)11-6-5-9-16-10-11/h5-10H,3-4H2,1-2H3. The number of rotatable bonds is 4. The molecule has 0 aliphatic rings. The van der Waals surface area contributed by atoms with Crippen molar-refractivity contribution in [2.75, 3.05) is 6.61 Å². The molecular formula is C15H16N2O2. The fourth-order valence-corrected chi connectivity index (χ4v) is 1.84. The van der Waals surface area contributed by atoms with Crippen molar-refractivity contribution in [1.82, 2.24) is 9.97 Å². The molecule has 0 unspecified atom stereocenters. The minimum atomic E-state index is -0.315. The molecule has 0 bridgehead atoms. The van der Waals surface area contributed by atoms with Crippen molar-refractivity contribution < 1.29 is 9.53 Å². The number of carbonyl (C=O) groups is 1. The number of hydrogen-bond acceptors (Lipinski definition) is 4. The monoisotopic (exact) mass is 256 g/mol. The Morgan fingerprint density at radius 2 is 2.11 bits per heavy atom. The fraction of sp³-hybridized carbons (Fsp3) is 0.267. The Bertz CT molecular complexity index is 568. The molecule has 0 fully saturated rings. The van der Waals surface area contributed by atoms with Gasteiger partial charge in [0.15, 0.2) is 0 Å². The van der Waals surface area contributed by atoms with Gasteiger partial charge in [-0.25, -0.2) is 4.79 Å². The van der Waals surface area contributed by atoms with E-state index in [1.54, 1.807) is 25.4 Å². The van der Waals surface area contributed by atoms with Crippen LogP contribution >= 0.6 is 0 Å². The molecule has 4 heteroatoms. The van der Waals surface area contributed by atoms with Gasteiger partial charge >= 0.3 is 5.97 Å². The number of carbonyl (C=O) groups excluding carboxylic acids is 1. The highest BCUT2D eigenvalue weighted by Crippen LogP contribution is 2.19. The van der Waals surface area contributed by atoms with Crippen LogP contribution in [0.3, 0.4) is 0 Å². The number of hydrogen-bond donors (Lipinski definition) is 0. The number of aromatic nitrogens is 2. The van der Waals surface area contributed by atoms with Crippen molar-refractivity contribution in [3.63, 3.8) is 0 Å². The summed E-state index contributed by atoms with van der Waals surface area (Å²) in [5, 5.41) is 0. The molecule has 4 nitrogen and oxygen atoms in total. The molecule has 19 heavy (non-hydrogen) atoms. The number of aryl methyl sites for hydroxylation is 1. The third-order valence-electron chi connectivity index (χ3n) is 2.76. The van der Waals surface area contributed by atoms with Gasteiger partial charge in [-0.15, -0.1) is 0 Å². The topological polar surface area (TPSA) is 52.1 Å². The molecule has 0 aliphatic heterocycles. The Labute approximate surface area is 112 Å². The van der Waals surface area contributed by atoms with Gasteiger partial charge in [-0.1, -0.05) is 6.92 Å². The van der Waals surface area contributed by atoms with Gasteiger partial charge in [0.1, 0.15) is 0 Å². The van der Waals surface area contributed by atoms with Gasteiger partial charge in [-0.3, -0.25) is 9.97 Å². The first-order valence-electron chi connectivity index (χ1n) is 6.33. The summed E-state index contributed by atoms with van der Waals surface area (Å²) in [5.41, 5.74) is 3.04. The van der Waals surface area contributed by atoms with E-state index in [-0.39, 0.29) is 5.97 Å². The first-order valence-corrected chi connectivity index (χ1v) is 6.33. The normalized spacial score (nSPS) is 10.2. The maximum Gasteiger partial charge on any atom is 0.339 e. The quantitative estimate of drug-likeness (QED) is 0.789. The molecule has 0 spiro atoms. The molecule has 2 rings (SSSR count). The van der Waals surface area contributed by atoms with Gasteiger partial charge in [0, 0.05) is 18.0 Å². The van der Waals surface area contributed by atoms with Crippen molar-refractivity contribution in [3.05, 3.63) is 47.9 Å². The molecule has 0 saturated heterocycles. The molecule has 0 aliphatic carbocycles. The molecule has 2 aromatic rings. The predicted octanol–water partition coefficient (Wildman–Crippen LogP) is 2.88. The molecule has 0 atom stereocenters. The number of ether oxygens (including phenoxy) is 1. The van der Waals surface area contributed by atoms with Crippen molar-refractivity contribution in [2.24, 2.45) is 0 Å². The zero-order valence-corrected chi connectivity index (χ0v) is 11.1. The Hall–Kier alpha value is -2.23. The van der Waals surface area contributed by atoms with Crippen LogP contribution in [0, 0.1) is 0 Å². The third kappa shape index (κ3) is 2.96. The van der Waals surface area contributed by atoms with Crippen LogP contribution in [-0.4, -0.2) is 22.5 Å². The lowest BCUT2D eigenvalue weighted by atomic mass is 10.1. The van der Waals surface area contributed by atoms with E-state index in [4.69, 9.17) is 4.74 Å². The van der Waals surface area contributed by atoms with Crippen molar-refractivity contribution in [2.45, 2.75) is 20.3 Å². The van der Waals surface area contributed by atoms with Gasteiger partial charge in [0.25, 0.3) is 0 Å². The first kappa shape index (κ1) is 13.2. The van der Waals surface area contributed by atoms with Crippen molar-refractivity contribution in [3.8, 4) is 11.3 Å². The summed E-state index contributed by atoms with van der Waals surface area (Å²) in [5.74, 6) is -0.315. The Morgan fingerprint density at radius 3 is 2.74 bits per heavy atom. The van der Waals surface area contributed by atoms with Gasteiger partial charge in [0.05, 0.1) is 23.6 Å². The molecule has 0 N–H and O–H groups in total. The predicted molar refractivity (Wildman–Crippen MR) is 72.8 cm³/mol. The maximum absolute atomic E-state index is 11.8. The zero-order valence-electron chi connectivity index (χ0n) is 11.1. The van der Waals surface area contributed by atoms with E-state index in [0.29, 0.717) is 18.6 Å². The largest absolute Gasteiger partial charge is 0.462 e. The van der Waals surface area contributed by atoms with Crippen molar-refractivity contribution >= 4 is 5.97 Å². The minimum absolute atomic E-state index is 0.315. The second-order valence-corrected chi connectivity index (χ2v) is 4.01. The third-order valence-corrected chi connectivity index (χ3v) is 2.76. The lowest BCUT2D eigenvalue weighted by Crippen LogP contribution is -2.09. The van der Waals surface area contributed by atoms with Crippen LogP contribution in [-0.2, 0) is 11.2 Å². The Balaban J connectivity index is 2.39. The number of esters is 1. The average molecular weight is 256 g/mol. The van der Waals surface area contributed by atoms with Crippen LogP contribution in [0.1, 0.15) is 29.9 Å². The summed E-state index contributed by atoms with van der Waals surface area (Å²) in [6.07, 6.45) is 4.16. The summed E-state index contributed by atoms with van der Waals surface area (Å²) < 4.78 is 5.02. The lowest BCUT2D eigenvalue weighted by Gasteiger charge is -2.08. The number of pyridine rings is 2. The van der Waals surface area contributed by atoms with E-state index in [1.807, 2.05) is 25.1 Å². The minimum Gasteiger partial charge on any atom is -0.462 e. The summed E-state index contributed by atoms with van der Waals surface area (Å²) in [6.45, 7) is 4.13. The van der Waals surface area contributed by atoms with Gasteiger partial charge in [-0.05, 0) is 37.6 Å². The molecular weight excluding hydrogens is 240 g/mol. The van der Waals surface area contributed by atoms with Crippen LogP contribution in [0.15, 0.2) is 36.7 Å². The van der Waals surface area contributed by atoms with Crippen LogP contribution in [0.5, 0.6) is 0 Å². The van der Waals surface area contributed by atoms with Crippen molar-refractivity contribution in [1.29, 1.82) is 0 Å². The second-order valence-electron chi connectivity index (χ2n) is 4.01. The summed E-state index contributed by atoms with van der Waals surface area (Å²) in [6, 6.07) is 7.40. The van der Waals surface area contributed by atoms with Gasteiger partial charge < -0.3 is 4.74 Å². The molecule has 0 aromatic carbocycles. The first-order chi connectivity index (χ1) is 9.26. The average Bonchev–Trinajstić information content (AvgIpc) is 2.47. The van der Waals surface area contributed by atoms with E-state index in [9.17, 15) is 4.79 Å². The highest BCUT2D eigenvalue weighted by molar-refractivity contribution is 5.91. The Morgan fingerprint density at radius 1 is 1.26 bits per heavy atom. The smallest absolute Gasteiger partial charge is 0.339 e. The highest BCUT2D eigenvalue weighted by Gasteiger charge is 2.13. The van der Waals surface area contributed by atoms with Crippen LogP contribution in [0.4, 0.5) is 0 Å². The molecule has 0 amide bonds. The van der Waals surface area contributed by atoms with Gasteiger partial charge in [0.2, 0.25) is 0 Å². The summed E-state index contributed by atoms with van der Waals surface area (Å²) >= 11 is 0. The summed E-state index contributed by atoms with van der Waals surface area (Å²) in [4.78, 5) is 20.4. The zero-order chi connectivity index (χ0) is 13.7. The molecule has 0 radical (unpaired) electrons. The van der Waals surface area contributed by atoms with Crippen LogP contribution in [0.2, 0.25) is 0 Å². The van der Waals surface area contributed by atoms with Crippen LogP contribution < -0.4 is 0 Å². The fourth-order valence-electron chi connectivity index (χ4n) is 1.84. The van der Waals surface area contributed by atoms with E-state index < -0.39 is 0 Å². The van der Waals surface area contributed by atoms with E-state index in [0.717, 1.165) is 17.0 Å². The highest BCUT2D eigenvalue weighted by atomic mass is 16.5.